The van der Waals surface area contributed by atoms with Gasteiger partial charge in [0.15, 0.2) is 16.6 Å². The Kier molecular flexibility index (Phi) is 28.9. The minimum absolute atomic E-state index is 0.0734. The molecular weight excluding hydrogens is 647 g/mol. The lowest BCUT2D eigenvalue weighted by Crippen LogP contribution is -2.48. The number of rotatable bonds is 25. The van der Waals surface area contributed by atoms with Crippen LogP contribution in [0.2, 0.25) is 39.3 Å². The lowest BCUT2D eigenvalue weighted by molar-refractivity contribution is -0.190. The molecule has 1 rings (SSSR count). The van der Waals surface area contributed by atoms with Gasteiger partial charge in [-0.15, -0.1) is 0 Å². The summed E-state index contributed by atoms with van der Waals surface area (Å²) in [4.78, 5) is 36.0. The smallest absolute Gasteiger partial charge is 0.461 e. The summed E-state index contributed by atoms with van der Waals surface area (Å²) in [5, 5.41) is 2.62. The number of esters is 2. The molecule has 0 aromatic heterocycles. The zero-order valence-electron chi connectivity index (χ0n) is 31.8. The van der Waals surface area contributed by atoms with E-state index in [2.05, 4.69) is 58.4 Å². The van der Waals surface area contributed by atoms with E-state index in [4.69, 9.17) is 22.5 Å². The summed E-state index contributed by atoms with van der Waals surface area (Å²) in [6.07, 6.45) is 18.5. The number of nitrogens with one attached hydrogen (secondary N) is 1. The fraction of sp³-hybridized carbons (Fsp3) is 0.914. The Morgan fingerprint density at radius 1 is 0.851 bits per heavy atom. The number of carbonyl (C=O) groups excluding carboxylic acids is 3. The van der Waals surface area contributed by atoms with E-state index in [-0.39, 0.29) is 36.0 Å². The Morgan fingerprint density at radius 2 is 1.32 bits per heavy atom. The van der Waals surface area contributed by atoms with Crippen LogP contribution in [0.1, 0.15) is 137 Å². The molecule has 276 valence electrons. The van der Waals surface area contributed by atoms with Crippen molar-refractivity contribution in [3.8, 4) is 0 Å². The molecule has 0 radical (unpaired) electrons. The number of unbranched alkanes of at least 4 members (excludes halogenated alkanes) is 11. The number of carbonyl (C=O) groups is 3. The molecule has 1 saturated heterocycles. The minimum atomic E-state index is -1.42. The molecule has 0 aromatic rings. The second-order valence-electron chi connectivity index (χ2n) is 15.2. The highest BCUT2D eigenvalue weighted by Gasteiger charge is 2.43. The van der Waals surface area contributed by atoms with Crippen molar-refractivity contribution in [1.82, 2.24) is 5.32 Å². The number of hydrogen-bond donors (Lipinski definition) is 1. The maximum Gasteiger partial charge on any atom is 0.549 e. The standard InChI is InChI=1S/C29H53NO5.C6H18OSi2.O2Si/c1-5-7-9-11-12-13-14-15-16-18-24(34-29(33)26(30-22-31)20-23(3)4)21-27-25(28(32)35-27)19-17-10-8-6-2;1-8(2,3)7-9(4,5)6;1-3-2/h22-27H,5-21H2,1-4H3,(H,30,31);1-6H3;/t24-,25-,26-,27-;;/m0../s1. The molecule has 47 heavy (non-hydrogen) atoms. The topological polar surface area (TPSA) is 125 Å². The van der Waals surface area contributed by atoms with E-state index in [1.54, 1.807) is 0 Å². The van der Waals surface area contributed by atoms with E-state index >= 15 is 0 Å². The van der Waals surface area contributed by atoms with Crippen molar-refractivity contribution < 1.29 is 36.9 Å². The lowest BCUT2D eigenvalue weighted by atomic mass is 9.86. The first-order chi connectivity index (χ1) is 22.0. The van der Waals surface area contributed by atoms with E-state index in [0.717, 1.165) is 38.5 Å². The molecule has 9 nitrogen and oxygen atoms in total. The summed E-state index contributed by atoms with van der Waals surface area (Å²) >= 11 is 0. The Balaban J connectivity index is 0. The molecule has 0 spiro atoms. The van der Waals surface area contributed by atoms with Gasteiger partial charge < -0.3 is 18.9 Å². The fourth-order valence-electron chi connectivity index (χ4n) is 5.82. The Morgan fingerprint density at radius 3 is 1.72 bits per heavy atom. The number of amides is 1. The molecule has 1 aliphatic rings. The molecule has 0 saturated carbocycles. The van der Waals surface area contributed by atoms with Crippen LogP contribution < -0.4 is 5.32 Å². The van der Waals surface area contributed by atoms with Gasteiger partial charge in [-0.3, -0.25) is 18.5 Å². The van der Waals surface area contributed by atoms with E-state index < -0.39 is 32.0 Å². The van der Waals surface area contributed by atoms with E-state index in [1.165, 1.54) is 57.8 Å². The second-order valence-corrected chi connectivity index (χ2v) is 24.7. The largest absolute Gasteiger partial charge is 0.549 e. The van der Waals surface area contributed by atoms with Crippen molar-refractivity contribution in [3.05, 3.63) is 0 Å². The first-order valence-electron chi connectivity index (χ1n) is 18.3. The predicted octanol–water partition coefficient (Wildman–Crippen LogP) is 8.94. The highest BCUT2D eigenvalue weighted by Crippen LogP contribution is 2.33. The van der Waals surface area contributed by atoms with Gasteiger partial charge in [0.05, 0.1) is 5.92 Å². The van der Waals surface area contributed by atoms with Gasteiger partial charge in [0.2, 0.25) is 6.41 Å². The molecular formula is C35H71NO8Si3. The number of ether oxygens (including phenoxy) is 2. The van der Waals surface area contributed by atoms with Crippen LogP contribution in [0.4, 0.5) is 0 Å². The van der Waals surface area contributed by atoms with Crippen LogP contribution in [-0.2, 0) is 36.9 Å². The van der Waals surface area contributed by atoms with Crippen LogP contribution in [0.5, 0.6) is 0 Å². The van der Waals surface area contributed by atoms with Gasteiger partial charge in [-0.05, 0) is 70.9 Å². The van der Waals surface area contributed by atoms with E-state index in [0.29, 0.717) is 19.3 Å². The van der Waals surface area contributed by atoms with Crippen molar-refractivity contribution in [2.75, 3.05) is 0 Å². The van der Waals surface area contributed by atoms with Gasteiger partial charge in [0.1, 0.15) is 18.2 Å². The lowest BCUT2D eigenvalue weighted by Gasteiger charge is -2.37. The van der Waals surface area contributed by atoms with Crippen molar-refractivity contribution in [1.29, 1.82) is 0 Å². The van der Waals surface area contributed by atoms with Crippen LogP contribution in [0.25, 0.3) is 0 Å². The summed E-state index contributed by atoms with van der Waals surface area (Å²) in [5.41, 5.74) is 0. The normalized spacial score (nSPS) is 17.0. The van der Waals surface area contributed by atoms with Crippen LogP contribution in [0, 0.1) is 11.8 Å². The third-order valence-electron chi connectivity index (χ3n) is 7.67. The molecule has 1 amide bonds. The summed E-state index contributed by atoms with van der Waals surface area (Å²) in [5.74, 6) is -0.302. The molecule has 1 heterocycles. The van der Waals surface area contributed by atoms with Crippen LogP contribution in [-0.4, -0.2) is 62.5 Å². The highest BCUT2D eigenvalue weighted by atomic mass is 28.4. The molecule has 1 aliphatic heterocycles. The Bertz CT molecular complexity index is 843. The van der Waals surface area contributed by atoms with Gasteiger partial charge in [-0.1, -0.05) is 105 Å². The minimum Gasteiger partial charge on any atom is -0.461 e. The monoisotopic (exact) mass is 717 g/mol. The Labute approximate surface area is 292 Å². The fourth-order valence-corrected chi connectivity index (χ4v) is 13.2. The van der Waals surface area contributed by atoms with Crippen LogP contribution >= 0.6 is 0 Å². The second kappa shape index (κ2) is 28.5. The number of hydrogen-bond acceptors (Lipinski definition) is 8. The SMILES string of the molecule is CCCCCCCCCCC[C@@H](C[C@@H]1OC(=O)[C@H]1CCCCCC)OC(=O)[C@H](CC(C)C)NC=O.C[Si](C)(C)O[Si](C)(C)C.O=[Si]=O. The average molecular weight is 718 g/mol. The molecule has 0 aromatic carbocycles. The van der Waals surface area contributed by atoms with Gasteiger partial charge in [-0.25, -0.2) is 4.79 Å². The molecule has 1 N–H and O–H groups in total. The molecule has 4 atom stereocenters. The maximum absolute atomic E-state index is 12.9. The maximum atomic E-state index is 12.9. The van der Waals surface area contributed by atoms with Gasteiger partial charge in [-0.2, -0.15) is 0 Å². The first kappa shape index (κ1) is 47.7. The van der Waals surface area contributed by atoms with Crippen molar-refractivity contribution in [2.24, 2.45) is 11.8 Å². The summed E-state index contributed by atoms with van der Waals surface area (Å²) in [6.45, 7) is 21.9. The highest BCUT2D eigenvalue weighted by molar-refractivity contribution is 6.83. The molecule has 0 unspecified atom stereocenters. The third kappa shape index (κ3) is 29.3. The third-order valence-corrected chi connectivity index (χ3v) is 12.6. The predicted molar refractivity (Wildman–Crippen MR) is 196 cm³/mol. The van der Waals surface area contributed by atoms with Gasteiger partial charge >= 0.3 is 21.2 Å². The van der Waals surface area contributed by atoms with Crippen LogP contribution in [0.15, 0.2) is 0 Å². The van der Waals surface area contributed by atoms with Crippen molar-refractivity contribution >= 4 is 44.3 Å². The quantitative estimate of drug-likeness (QED) is 0.0430. The molecule has 1 fully saturated rings. The summed E-state index contributed by atoms with van der Waals surface area (Å²) in [7, 11) is -3.88. The summed E-state index contributed by atoms with van der Waals surface area (Å²) in [6, 6.07) is -0.632. The Hall–Kier alpha value is -1.38. The zero-order chi connectivity index (χ0) is 36.3. The molecule has 0 aliphatic carbocycles. The van der Waals surface area contributed by atoms with Crippen molar-refractivity contribution in [2.45, 2.75) is 194 Å². The van der Waals surface area contributed by atoms with Gasteiger partial charge in [0.25, 0.3) is 0 Å². The number of cyclic esters (lactones) is 1. The molecule has 12 heteroatoms. The van der Waals surface area contributed by atoms with Crippen LogP contribution in [0.3, 0.4) is 0 Å². The van der Waals surface area contributed by atoms with E-state index in [1.807, 2.05) is 13.8 Å². The first-order valence-corrected chi connectivity index (χ1v) is 26.0. The summed E-state index contributed by atoms with van der Waals surface area (Å²) < 4.78 is 34.1. The zero-order valence-corrected chi connectivity index (χ0v) is 34.8. The molecule has 0 bridgehead atoms. The van der Waals surface area contributed by atoms with E-state index in [9.17, 15) is 14.4 Å². The van der Waals surface area contributed by atoms with Gasteiger partial charge in [0, 0.05) is 6.42 Å². The average Bonchev–Trinajstić information content (AvgIpc) is 2.94. The van der Waals surface area contributed by atoms with Crippen molar-refractivity contribution in [3.63, 3.8) is 0 Å².